The highest BCUT2D eigenvalue weighted by atomic mass is 32.2. The summed E-state index contributed by atoms with van der Waals surface area (Å²) in [6, 6.07) is 11.9. The van der Waals surface area contributed by atoms with E-state index in [1.165, 1.54) is 11.8 Å². The van der Waals surface area contributed by atoms with Gasteiger partial charge in [0.25, 0.3) is 0 Å². The Kier molecular flexibility index (Phi) is 5.03. The molecule has 2 rings (SSSR count). The maximum Gasteiger partial charge on any atom is 0.230 e. The lowest BCUT2D eigenvalue weighted by atomic mass is 10.3. The first-order valence-corrected chi connectivity index (χ1v) is 7.24. The minimum atomic E-state index is 0.0292. The van der Waals surface area contributed by atoms with Gasteiger partial charge in [0.2, 0.25) is 5.91 Å². The summed E-state index contributed by atoms with van der Waals surface area (Å²) in [5, 5.41) is 9.91. The molecule has 0 aliphatic heterocycles. The van der Waals surface area contributed by atoms with E-state index in [2.05, 4.69) is 22.4 Å². The third-order valence-electron chi connectivity index (χ3n) is 2.64. The van der Waals surface area contributed by atoms with Crippen LogP contribution in [0.15, 0.2) is 41.3 Å². The van der Waals surface area contributed by atoms with Crippen LogP contribution < -0.4 is 5.32 Å². The van der Waals surface area contributed by atoms with Crippen molar-refractivity contribution in [2.45, 2.75) is 24.8 Å². The summed E-state index contributed by atoms with van der Waals surface area (Å²) in [7, 11) is 0. The maximum absolute atomic E-state index is 11.7. The van der Waals surface area contributed by atoms with E-state index in [0.717, 1.165) is 22.7 Å². The molecule has 0 saturated heterocycles. The fourth-order valence-corrected chi connectivity index (χ4v) is 2.34. The Balaban J connectivity index is 1.73. The molecule has 0 aliphatic rings. The number of H-pyrrole nitrogens is 1. The number of hydrogen-bond acceptors (Lipinski definition) is 3. The number of carbonyl (C=O) groups excluding carboxylic acids is 1. The van der Waals surface area contributed by atoms with E-state index in [9.17, 15) is 4.79 Å². The van der Waals surface area contributed by atoms with Crippen molar-refractivity contribution in [3.8, 4) is 0 Å². The maximum atomic E-state index is 11.7. The van der Waals surface area contributed by atoms with Crippen LogP contribution >= 0.6 is 11.8 Å². The van der Waals surface area contributed by atoms with Gasteiger partial charge in [-0.3, -0.25) is 9.89 Å². The second-order valence-electron chi connectivity index (χ2n) is 4.12. The van der Waals surface area contributed by atoms with E-state index >= 15 is 0 Å². The van der Waals surface area contributed by atoms with Crippen LogP contribution in [0, 0.1) is 0 Å². The molecule has 4 nitrogen and oxygen atoms in total. The molecule has 1 aromatic heterocycles. The van der Waals surface area contributed by atoms with Crippen molar-refractivity contribution in [3.63, 3.8) is 0 Å². The zero-order valence-corrected chi connectivity index (χ0v) is 11.7. The number of aromatic amines is 1. The van der Waals surface area contributed by atoms with Crippen LogP contribution in [0.5, 0.6) is 0 Å². The first-order chi connectivity index (χ1) is 9.28. The highest BCUT2D eigenvalue weighted by molar-refractivity contribution is 8.00. The van der Waals surface area contributed by atoms with Gasteiger partial charge in [-0.15, -0.1) is 11.8 Å². The summed E-state index contributed by atoms with van der Waals surface area (Å²) in [6.07, 6.45) is 0.897. The molecule has 0 spiro atoms. The van der Waals surface area contributed by atoms with Crippen molar-refractivity contribution in [1.82, 2.24) is 15.5 Å². The number of thioether (sulfide) groups is 1. The van der Waals surface area contributed by atoms with Gasteiger partial charge in [-0.2, -0.15) is 5.10 Å². The monoisotopic (exact) mass is 275 g/mol. The molecule has 1 amide bonds. The van der Waals surface area contributed by atoms with Gasteiger partial charge in [0.1, 0.15) is 0 Å². The average Bonchev–Trinajstić information content (AvgIpc) is 2.92. The quantitative estimate of drug-likeness (QED) is 0.796. The summed E-state index contributed by atoms with van der Waals surface area (Å²) in [5.74, 6) is 0.459. The third-order valence-corrected chi connectivity index (χ3v) is 3.65. The molecular weight excluding hydrogens is 258 g/mol. The van der Waals surface area contributed by atoms with Crippen molar-refractivity contribution in [2.75, 3.05) is 5.75 Å². The van der Waals surface area contributed by atoms with Gasteiger partial charge >= 0.3 is 0 Å². The number of aromatic nitrogens is 2. The molecule has 1 heterocycles. The van der Waals surface area contributed by atoms with E-state index in [0.29, 0.717) is 12.3 Å². The third kappa shape index (κ3) is 4.44. The summed E-state index contributed by atoms with van der Waals surface area (Å²) < 4.78 is 0. The predicted octanol–water partition coefficient (Wildman–Crippen LogP) is 2.38. The van der Waals surface area contributed by atoms with Gasteiger partial charge in [0.15, 0.2) is 0 Å². The Labute approximate surface area is 117 Å². The SMILES string of the molecule is CCc1cc(CNC(=O)CSc2ccccc2)[nH]n1. The first kappa shape index (κ1) is 13.7. The molecule has 0 radical (unpaired) electrons. The number of carbonyl (C=O) groups is 1. The number of aryl methyl sites for hydroxylation is 1. The summed E-state index contributed by atoms with van der Waals surface area (Å²) in [4.78, 5) is 12.8. The molecule has 2 aromatic rings. The first-order valence-electron chi connectivity index (χ1n) is 6.25. The predicted molar refractivity (Wildman–Crippen MR) is 77.0 cm³/mol. The van der Waals surface area contributed by atoms with Crippen molar-refractivity contribution < 1.29 is 4.79 Å². The van der Waals surface area contributed by atoms with Crippen LogP contribution in [0.4, 0.5) is 0 Å². The zero-order chi connectivity index (χ0) is 13.5. The Morgan fingerprint density at radius 3 is 2.84 bits per heavy atom. The summed E-state index contributed by atoms with van der Waals surface area (Å²) in [5.41, 5.74) is 1.96. The number of nitrogens with zero attached hydrogens (tertiary/aromatic N) is 1. The Morgan fingerprint density at radius 2 is 2.16 bits per heavy atom. The molecule has 0 unspecified atom stereocenters. The van der Waals surface area contributed by atoms with Crippen LogP contribution in [0.25, 0.3) is 0 Å². The van der Waals surface area contributed by atoms with Gasteiger partial charge in [-0.25, -0.2) is 0 Å². The second kappa shape index (κ2) is 6.99. The van der Waals surface area contributed by atoms with Crippen LogP contribution in [0.1, 0.15) is 18.3 Å². The second-order valence-corrected chi connectivity index (χ2v) is 5.17. The van der Waals surface area contributed by atoms with Gasteiger partial charge in [0, 0.05) is 4.90 Å². The Hall–Kier alpha value is -1.75. The summed E-state index contributed by atoms with van der Waals surface area (Å²) in [6.45, 7) is 2.55. The largest absolute Gasteiger partial charge is 0.350 e. The fraction of sp³-hybridized carbons (Fsp3) is 0.286. The van der Waals surface area contributed by atoms with Crippen LogP contribution in [-0.2, 0) is 17.8 Å². The molecule has 0 bridgehead atoms. The number of nitrogens with one attached hydrogen (secondary N) is 2. The van der Waals surface area contributed by atoms with E-state index in [4.69, 9.17) is 0 Å². The van der Waals surface area contributed by atoms with E-state index in [1.807, 2.05) is 36.4 Å². The van der Waals surface area contributed by atoms with Crippen molar-refractivity contribution in [3.05, 3.63) is 47.8 Å². The molecule has 0 aliphatic carbocycles. The van der Waals surface area contributed by atoms with Gasteiger partial charge < -0.3 is 5.32 Å². The molecule has 0 fully saturated rings. The summed E-state index contributed by atoms with van der Waals surface area (Å²) >= 11 is 1.54. The molecule has 2 N–H and O–H groups in total. The number of hydrogen-bond donors (Lipinski definition) is 2. The van der Waals surface area contributed by atoms with E-state index < -0.39 is 0 Å². The molecule has 1 aromatic carbocycles. The van der Waals surface area contributed by atoms with Gasteiger partial charge in [0.05, 0.1) is 23.7 Å². The molecule has 0 saturated carbocycles. The van der Waals surface area contributed by atoms with Crippen molar-refractivity contribution in [1.29, 1.82) is 0 Å². The number of rotatable bonds is 6. The van der Waals surface area contributed by atoms with E-state index in [-0.39, 0.29) is 5.91 Å². The Bertz CT molecular complexity index is 524. The van der Waals surface area contributed by atoms with Crippen LogP contribution in [0.2, 0.25) is 0 Å². The normalized spacial score (nSPS) is 10.4. The molecule has 19 heavy (non-hydrogen) atoms. The lowest BCUT2D eigenvalue weighted by molar-refractivity contribution is -0.118. The van der Waals surface area contributed by atoms with Gasteiger partial charge in [-0.05, 0) is 24.6 Å². The standard InChI is InChI=1S/C14H17N3OS/c1-2-11-8-12(17-16-11)9-15-14(18)10-19-13-6-4-3-5-7-13/h3-8H,2,9-10H2,1H3,(H,15,18)(H,16,17). The Morgan fingerprint density at radius 1 is 1.37 bits per heavy atom. The van der Waals surface area contributed by atoms with E-state index in [1.54, 1.807) is 0 Å². The topological polar surface area (TPSA) is 57.8 Å². The minimum absolute atomic E-state index is 0.0292. The smallest absolute Gasteiger partial charge is 0.230 e. The fourth-order valence-electron chi connectivity index (χ4n) is 1.59. The average molecular weight is 275 g/mol. The van der Waals surface area contributed by atoms with Crippen molar-refractivity contribution >= 4 is 17.7 Å². The molecule has 5 heteroatoms. The minimum Gasteiger partial charge on any atom is -0.350 e. The lowest BCUT2D eigenvalue weighted by Crippen LogP contribution is -2.24. The van der Waals surface area contributed by atoms with Crippen LogP contribution in [0.3, 0.4) is 0 Å². The zero-order valence-electron chi connectivity index (χ0n) is 10.8. The van der Waals surface area contributed by atoms with Crippen molar-refractivity contribution in [2.24, 2.45) is 0 Å². The highest BCUT2D eigenvalue weighted by Gasteiger charge is 2.04. The highest BCUT2D eigenvalue weighted by Crippen LogP contribution is 2.16. The van der Waals surface area contributed by atoms with Gasteiger partial charge in [-0.1, -0.05) is 25.1 Å². The number of amides is 1. The number of benzene rings is 1. The molecule has 0 atom stereocenters. The van der Waals surface area contributed by atoms with Crippen LogP contribution in [-0.4, -0.2) is 21.9 Å². The molecule has 100 valence electrons. The lowest BCUT2D eigenvalue weighted by Gasteiger charge is -2.03. The molecular formula is C14H17N3OS.